The fourth-order valence-electron chi connectivity index (χ4n) is 4.31. The normalized spacial score (nSPS) is 18.5. The van der Waals surface area contributed by atoms with Crippen LogP contribution in [-0.4, -0.2) is 66.7 Å². The Labute approximate surface area is 211 Å². The van der Waals surface area contributed by atoms with Crippen LogP contribution in [0.4, 0.5) is 17.6 Å². The minimum atomic E-state index is -4.76. The van der Waals surface area contributed by atoms with E-state index in [1.807, 2.05) is 11.0 Å². The number of nitrogens with zero attached hydrogens (tertiary/aromatic N) is 2. The van der Waals surface area contributed by atoms with E-state index in [1.165, 1.54) is 6.07 Å². The summed E-state index contributed by atoms with van der Waals surface area (Å²) in [6.07, 6.45) is -4.22. The van der Waals surface area contributed by atoms with Crippen LogP contribution in [0.25, 0.3) is 0 Å². The molecule has 35 heavy (non-hydrogen) atoms. The Bertz CT molecular complexity index is 1040. The van der Waals surface area contributed by atoms with Crippen molar-refractivity contribution in [1.29, 1.82) is 0 Å². The van der Waals surface area contributed by atoms with E-state index >= 15 is 0 Å². The van der Waals surface area contributed by atoms with E-state index in [-0.39, 0.29) is 37.6 Å². The molecule has 0 aromatic heterocycles. The highest BCUT2D eigenvalue weighted by molar-refractivity contribution is 6.42. The lowest BCUT2D eigenvalue weighted by Crippen LogP contribution is -2.40. The van der Waals surface area contributed by atoms with Gasteiger partial charge in [-0.3, -0.25) is 9.69 Å². The Hall–Kier alpha value is -1.91. The summed E-state index contributed by atoms with van der Waals surface area (Å²) in [6.45, 7) is 1.64. The largest absolute Gasteiger partial charge is 0.419 e. The van der Waals surface area contributed by atoms with Crippen molar-refractivity contribution in [3.05, 3.63) is 69.0 Å². The smallest absolute Gasteiger partial charge is 0.396 e. The Kier molecular flexibility index (Phi) is 9.40. The molecule has 0 spiro atoms. The number of halogens is 6. The molecule has 1 saturated heterocycles. The van der Waals surface area contributed by atoms with Crippen molar-refractivity contribution in [2.75, 3.05) is 39.8 Å². The molecule has 11 heteroatoms. The van der Waals surface area contributed by atoms with Crippen LogP contribution in [0.3, 0.4) is 0 Å². The van der Waals surface area contributed by atoms with Gasteiger partial charge in [-0.2, -0.15) is 13.2 Å². The Morgan fingerprint density at radius 3 is 2.54 bits per heavy atom. The van der Waals surface area contributed by atoms with Gasteiger partial charge in [0, 0.05) is 38.2 Å². The molecule has 2 aromatic rings. The monoisotopic (exact) mass is 535 g/mol. The van der Waals surface area contributed by atoms with E-state index in [4.69, 9.17) is 28.3 Å². The first kappa shape index (κ1) is 27.7. The van der Waals surface area contributed by atoms with E-state index in [9.17, 15) is 22.4 Å². The minimum Gasteiger partial charge on any atom is -0.396 e. The molecule has 192 valence electrons. The van der Waals surface area contributed by atoms with Crippen LogP contribution in [0.5, 0.6) is 0 Å². The SMILES string of the molecule is CN(Cc1ccc(C(F)(F)F)c(F)c1)C1CN(C(=O)CNCCCO)C[C@@H]1c1ccc(Cl)c(Cl)c1. The van der Waals surface area contributed by atoms with Gasteiger partial charge in [0.05, 0.1) is 22.2 Å². The van der Waals surface area contributed by atoms with Crippen molar-refractivity contribution < 1.29 is 27.5 Å². The van der Waals surface area contributed by atoms with Crippen LogP contribution in [-0.2, 0) is 17.5 Å². The first-order valence-electron chi connectivity index (χ1n) is 11.1. The number of carbonyl (C=O) groups excluding carboxylic acids is 1. The standard InChI is InChI=1S/C24H27Cl2F4N3O2/c1-32(12-15-3-5-18(21(27)9-15)24(28,29)30)22-14-33(23(35)11-31-7-2-8-34)13-17(22)16-4-6-19(25)20(26)10-16/h3-6,9-10,17,22,31,34H,2,7-8,11-14H2,1H3/t17-,22?/m1/s1. The van der Waals surface area contributed by atoms with E-state index in [0.29, 0.717) is 41.7 Å². The van der Waals surface area contributed by atoms with Gasteiger partial charge in [0.25, 0.3) is 0 Å². The molecule has 3 rings (SSSR count). The summed E-state index contributed by atoms with van der Waals surface area (Å²) in [5, 5.41) is 12.7. The lowest BCUT2D eigenvalue weighted by atomic mass is 9.93. The number of rotatable bonds is 9. The maximum atomic E-state index is 14.1. The Morgan fingerprint density at radius 1 is 1.17 bits per heavy atom. The first-order chi connectivity index (χ1) is 16.5. The van der Waals surface area contributed by atoms with E-state index < -0.39 is 17.6 Å². The predicted octanol–water partition coefficient (Wildman–Crippen LogP) is 4.55. The van der Waals surface area contributed by atoms with E-state index in [1.54, 1.807) is 24.1 Å². The second kappa shape index (κ2) is 11.9. The lowest BCUT2D eigenvalue weighted by Gasteiger charge is -2.29. The van der Waals surface area contributed by atoms with Crippen LogP contribution in [0, 0.1) is 5.82 Å². The molecule has 1 fully saturated rings. The molecular formula is C24H27Cl2F4N3O2. The van der Waals surface area contributed by atoms with Crippen molar-refractivity contribution in [3.8, 4) is 0 Å². The van der Waals surface area contributed by atoms with Crippen LogP contribution >= 0.6 is 23.2 Å². The highest BCUT2D eigenvalue weighted by Gasteiger charge is 2.39. The molecular weight excluding hydrogens is 509 g/mol. The fourth-order valence-corrected chi connectivity index (χ4v) is 4.62. The van der Waals surface area contributed by atoms with Gasteiger partial charge in [-0.15, -0.1) is 0 Å². The lowest BCUT2D eigenvalue weighted by molar-refractivity contribution is -0.140. The minimum absolute atomic E-state index is 0.0295. The summed E-state index contributed by atoms with van der Waals surface area (Å²) in [5.41, 5.74) is -0.0383. The molecule has 1 heterocycles. The number of aliphatic hydroxyl groups excluding tert-OH is 1. The number of amides is 1. The molecule has 5 nitrogen and oxygen atoms in total. The number of likely N-dealkylation sites (tertiary alicyclic amines) is 1. The van der Waals surface area contributed by atoms with Crippen molar-refractivity contribution >= 4 is 29.1 Å². The topological polar surface area (TPSA) is 55.8 Å². The Morgan fingerprint density at radius 2 is 1.91 bits per heavy atom. The molecule has 2 atom stereocenters. The zero-order valence-corrected chi connectivity index (χ0v) is 20.6. The van der Waals surface area contributed by atoms with Crippen LogP contribution < -0.4 is 5.32 Å². The number of hydrogen-bond acceptors (Lipinski definition) is 4. The summed E-state index contributed by atoms with van der Waals surface area (Å²) >= 11 is 12.3. The molecule has 0 radical (unpaired) electrons. The van der Waals surface area contributed by atoms with Crippen molar-refractivity contribution in [1.82, 2.24) is 15.1 Å². The molecule has 2 N–H and O–H groups in total. The quantitative estimate of drug-likeness (QED) is 0.365. The number of aliphatic hydroxyl groups is 1. The van der Waals surface area contributed by atoms with Crippen LogP contribution in [0.2, 0.25) is 10.0 Å². The van der Waals surface area contributed by atoms with Gasteiger partial charge < -0.3 is 15.3 Å². The summed E-state index contributed by atoms with van der Waals surface area (Å²) in [4.78, 5) is 16.4. The summed E-state index contributed by atoms with van der Waals surface area (Å²) < 4.78 is 52.8. The molecule has 1 aliphatic heterocycles. The molecule has 2 aromatic carbocycles. The number of hydrogen-bond donors (Lipinski definition) is 2. The maximum absolute atomic E-state index is 14.1. The number of carbonyl (C=O) groups is 1. The average Bonchev–Trinajstić information content (AvgIpc) is 3.23. The van der Waals surface area contributed by atoms with Crippen LogP contribution in [0.15, 0.2) is 36.4 Å². The summed E-state index contributed by atoms with van der Waals surface area (Å²) in [7, 11) is 1.79. The van der Waals surface area contributed by atoms with Crippen molar-refractivity contribution in [3.63, 3.8) is 0 Å². The molecule has 1 amide bonds. The zero-order valence-electron chi connectivity index (χ0n) is 19.1. The number of benzene rings is 2. The molecule has 0 bridgehead atoms. The van der Waals surface area contributed by atoms with E-state index in [2.05, 4.69) is 5.32 Å². The predicted molar refractivity (Wildman–Crippen MR) is 127 cm³/mol. The first-order valence-corrected chi connectivity index (χ1v) is 11.9. The van der Waals surface area contributed by atoms with Crippen LogP contribution in [0.1, 0.15) is 29.0 Å². The highest BCUT2D eigenvalue weighted by Crippen LogP contribution is 2.35. The second-order valence-corrected chi connectivity index (χ2v) is 9.44. The van der Waals surface area contributed by atoms with Gasteiger partial charge in [0.15, 0.2) is 0 Å². The van der Waals surface area contributed by atoms with Gasteiger partial charge in [-0.05, 0) is 55.4 Å². The van der Waals surface area contributed by atoms with Crippen molar-refractivity contribution in [2.45, 2.75) is 31.1 Å². The van der Waals surface area contributed by atoms with Gasteiger partial charge in [0.1, 0.15) is 5.82 Å². The number of nitrogens with one attached hydrogen (secondary N) is 1. The van der Waals surface area contributed by atoms with E-state index in [0.717, 1.165) is 17.7 Å². The third-order valence-corrected chi connectivity index (χ3v) is 6.88. The fraction of sp³-hybridized carbons (Fsp3) is 0.458. The Balaban J connectivity index is 1.79. The third kappa shape index (κ3) is 7.07. The molecule has 0 saturated carbocycles. The molecule has 0 aliphatic carbocycles. The van der Waals surface area contributed by atoms with Gasteiger partial charge in [0.2, 0.25) is 5.91 Å². The molecule has 1 aliphatic rings. The number of likely N-dealkylation sites (N-methyl/N-ethyl adjacent to an activating group) is 1. The van der Waals surface area contributed by atoms with Crippen molar-refractivity contribution in [2.24, 2.45) is 0 Å². The maximum Gasteiger partial charge on any atom is 0.419 e. The summed E-state index contributed by atoms with van der Waals surface area (Å²) in [6, 6.07) is 7.99. The summed E-state index contributed by atoms with van der Waals surface area (Å²) in [5.74, 6) is -1.57. The third-order valence-electron chi connectivity index (χ3n) is 6.14. The second-order valence-electron chi connectivity index (χ2n) is 8.63. The van der Waals surface area contributed by atoms with Gasteiger partial charge in [-0.1, -0.05) is 35.3 Å². The number of alkyl halides is 3. The average molecular weight is 536 g/mol. The zero-order chi connectivity index (χ0) is 25.8. The van der Waals surface area contributed by atoms with Gasteiger partial charge >= 0.3 is 6.18 Å². The molecule has 1 unspecified atom stereocenters. The van der Waals surface area contributed by atoms with Gasteiger partial charge in [-0.25, -0.2) is 4.39 Å². The highest BCUT2D eigenvalue weighted by atomic mass is 35.5.